The van der Waals surface area contributed by atoms with Gasteiger partial charge >= 0.3 is 0 Å². The van der Waals surface area contributed by atoms with E-state index in [4.69, 9.17) is 9.72 Å². The van der Waals surface area contributed by atoms with Crippen LogP contribution in [0.4, 0.5) is 0 Å². The summed E-state index contributed by atoms with van der Waals surface area (Å²) in [6.07, 6.45) is 2.41. The van der Waals surface area contributed by atoms with Gasteiger partial charge < -0.3 is 15.4 Å². The maximum absolute atomic E-state index is 6.14. The minimum absolute atomic E-state index is 0. The second kappa shape index (κ2) is 11.4. The Hall–Kier alpha value is -1.19. The van der Waals surface area contributed by atoms with Crippen molar-refractivity contribution in [1.29, 1.82) is 0 Å². The molecule has 1 aromatic carbocycles. The van der Waals surface area contributed by atoms with Crippen LogP contribution in [0.5, 0.6) is 0 Å². The summed E-state index contributed by atoms with van der Waals surface area (Å²) >= 11 is 1.70. The summed E-state index contributed by atoms with van der Waals surface area (Å²) in [5.41, 5.74) is 3.77. The third-order valence-electron chi connectivity index (χ3n) is 5.33. The molecule has 0 spiro atoms. The van der Waals surface area contributed by atoms with Crippen LogP contribution in [0.25, 0.3) is 0 Å². The fourth-order valence-corrected chi connectivity index (χ4v) is 4.48. The van der Waals surface area contributed by atoms with Gasteiger partial charge in [0, 0.05) is 36.9 Å². The summed E-state index contributed by atoms with van der Waals surface area (Å²) in [6, 6.07) is 8.72. The van der Waals surface area contributed by atoms with E-state index in [9.17, 15) is 0 Å². The quantitative estimate of drug-likeness (QED) is 0.310. The van der Waals surface area contributed by atoms with Crippen molar-refractivity contribution in [3.63, 3.8) is 0 Å². The molecule has 0 radical (unpaired) electrons. The molecule has 0 bridgehead atoms. The Balaban J connectivity index is 0.00000320. The minimum Gasteiger partial charge on any atom is -0.373 e. The number of hydrogen-bond acceptors (Lipinski definition) is 4. The van der Waals surface area contributed by atoms with E-state index < -0.39 is 0 Å². The van der Waals surface area contributed by atoms with Gasteiger partial charge in [0.1, 0.15) is 5.01 Å². The topological polar surface area (TPSA) is 58.5 Å². The van der Waals surface area contributed by atoms with Crippen LogP contribution in [0.15, 0.2) is 34.6 Å². The summed E-state index contributed by atoms with van der Waals surface area (Å²) in [4.78, 5) is 9.13. The summed E-state index contributed by atoms with van der Waals surface area (Å²) in [5.74, 6) is 1.24. The molecule has 0 saturated carbocycles. The van der Waals surface area contributed by atoms with Crippen LogP contribution in [0.3, 0.4) is 0 Å². The zero-order valence-corrected chi connectivity index (χ0v) is 21.8. The molecule has 0 amide bonds. The number of nitrogens with zero attached hydrogens (tertiary/aromatic N) is 2. The van der Waals surface area contributed by atoms with Gasteiger partial charge in [0.15, 0.2) is 5.96 Å². The smallest absolute Gasteiger partial charge is 0.191 e. The molecule has 1 saturated heterocycles. The van der Waals surface area contributed by atoms with Crippen LogP contribution in [0, 0.1) is 12.8 Å². The molecule has 1 aliphatic rings. The molecule has 30 heavy (non-hydrogen) atoms. The van der Waals surface area contributed by atoms with Gasteiger partial charge in [-0.05, 0) is 25.3 Å². The average molecular weight is 543 g/mol. The van der Waals surface area contributed by atoms with Crippen molar-refractivity contribution in [2.75, 3.05) is 20.2 Å². The van der Waals surface area contributed by atoms with Crippen LogP contribution in [0.1, 0.15) is 61.5 Å². The van der Waals surface area contributed by atoms with E-state index in [-0.39, 0.29) is 35.5 Å². The van der Waals surface area contributed by atoms with Crippen molar-refractivity contribution in [1.82, 2.24) is 15.6 Å². The average Bonchev–Trinajstić information content (AvgIpc) is 3.19. The summed E-state index contributed by atoms with van der Waals surface area (Å²) in [6.45, 7) is 11.0. The first-order chi connectivity index (χ1) is 13.9. The van der Waals surface area contributed by atoms with E-state index in [0.29, 0.717) is 12.5 Å². The number of nitrogens with one attached hydrogen (secondary N) is 2. The minimum atomic E-state index is 0. The Labute approximate surface area is 202 Å². The highest BCUT2D eigenvalue weighted by atomic mass is 127. The summed E-state index contributed by atoms with van der Waals surface area (Å²) in [7, 11) is 1.81. The van der Waals surface area contributed by atoms with E-state index in [0.717, 1.165) is 42.7 Å². The Bertz CT molecular complexity index is 813. The van der Waals surface area contributed by atoms with E-state index in [1.165, 1.54) is 11.1 Å². The Kier molecular flexibility index (Phi) is 9.56. The molecular weight excluding hydrogens is 507 g/mol. The lowest BCUT2D eigenvalue weighted by atomic mass is 9.89. The van der Waals surface area contributed by atoms with Crippen molar-refractivity contribution in [3.8, 4) is 0 Å². The fourth-order valence-electron chi connectivity index (χ4n) is 3.52. The first-order valence-electron chi connectivity index (χ1n) is 10.4. The van der Waals surface area contributed by atoms with Gasteiger partial charge in [0.25, 0.3) is 0 Å². The largest absolute Gasteiger partial charge is 0.373 e. The molecular formula is C23H35IN4OS. The first-order valence-corrected chi connectivity index (χ1v) is 11.3. The zero-order valence-electron chi connectivity index (χ0n) is 18.7. The third kappa shape index (κ3) is 6.92. The number of aryl methyl sites for hydroxylation is 1. The summed E-state index contributed by atoms with van der Waals surface area (Å²) < 4.78 is 6.14. The molecule has 166 valence electrons. The van der Waals surface area contributed by atoms with Gasteiger partial charge in [-0.2, -0.15) is 0 Å². The molecule has 2 aromatic rings. The predicted octanol–water partition coefficient (Wildman–Crippen LogP) is 5.20. The zero-order chi connectivity index (χ0) is 20.9. The van der Waals surface area contributed by atoms with Crippen molar-refractivity contribution >= 4 is 41.3 Å². The number of ether oxygens (including phenoxy) is 1. The molecule has 1 aliphatic heterocycles. The molecule has 1 aromatic heterocycles. The highest BCUT2D eigenvalue weighted by Crippen LogP contribution is 2.33. The SMILES string of the molecule is CN=C(NCc1nc(C(C)(C)C)cs1)NCC1CCCOC1c1ccc(C)cc1.I. The third-order valence-corrected chi connectivity index (χ3v) is 6.18. The normalized spacial score (nSPS) is 19.8. The van der Waals surface area contributed by atoms with Gasteiger partial charge in [-0.25, -0.2) is 4.98 Å². The summed E-state index contributed by atoms with van der Waals surface area (Å²) in [5, 5.41) is 10.1. The van der Waals surface area contributed by atoms with Crippen LogP contribution in [-0.2, 0) is 16.7 Å². The maximum Gasteiger partial charge on any atom is 0.191 e. The van der Waals surface area contributed by atoms with Crippen LogP contribution >= 0.6 is 35.3 Å². The van der Waals surface area contributed by atoms with E-state index >= 15 is 0 Å². The number of halogens is 1. The number of guanidine groups is 1. The second-order valence-corrected chi connectivity index (χ2v) is 9.73. The lowest BCUT2D eigenvalue weighted by Gasteiger charge is -2.32. The highest BCUT2D eigenvalue weighted by molar-refractivity contribution is 14.0. The molecule has 2 unspecified atom stereocenters. The number of rotatable bonds is 5. The first kappa shape index (κ1) is 25.1. The lowest BCUT2D eigenvalue weighted by Crippen LogP contribution is -2.41. The molecule has 0 aliphatic carbocycles. The van der Waals surface area contributed by atoms with Gasteiger partial charge in [-0.3, -0.25) is 4.99 Å². The molecule has 5 nitrogen and oxygen atoms in total. The molecule has 2 heterocycles. The fraction of sp³-hybridized carbons (Fsp3) is 0.565. The maximum atomic E-state index is 6.14. The monoisotopic (exact) mass is 542 g/mol. The number of aromatic nitrogens is 1. The molecule has 7 heteroatoms. The second-order valence-electron chi connectivity index (χ2n) is 8.79. The van der Waals surface area contributed by atoms with Crippen molar-refractivity contribution in [2.24, 2.45) is 10.9 Å². The Morgan fingerprint density at radius 2 is 1.97 bits per heavy atom. The standard InChI is InChI=1S/C23H34N4OS.HI/c1-16-8-10-17(11-9-16)21-18(7-6-12-28-21)13-25-22(24-5)26-14-20-27-19(15-29-20)23(2,3)4;/h8-11,15,18,21H,6-7,12-14H2,1-5H3,(H2,24,25,26);1H. The van der Waals surface area contributed by atoms with Crippen molar-refractivity contribution < 1.29 is 4.74 Å². The predicted molar refractivity (Wildman–Crippen MR) is 137 cm³/mol. The Morgan fingerprint density at radius 3 is 2.60 bits per heavy atom. The highest BCUT2D eigenvalue weighted by Gasteiger charge is 2.27. The van der Waals surface area contributed by atoms with Gasteiger partial charge in [0.2, 0.25) is 0 Å². The number of hydrogen-bond donors (Lipinski definition) is 2. The van der Waals surface area contributed by atoms with Gasteiger partial charge in [0.05, 0.1) is 18.3 Å². The molecule has 1 fully saturated rings. The van der Waals surface area contributed by atoms with Gasteiger partial charge in [-0.15, -0.1) is 35.3 Å². The molecule has 3 rings (SSSR count). The van der Waals surface area contributed by atoms with Crippen LogP contribution < -0.4 is 10.6 Å². The Morgan fingerprint density at radius 1 is 1.23 bits per heavy atom. The number of benzene rings is 1. The van der Waals surface area contributed by atoms with Crippen molar-refractivity contribution in [3.05, 3.63) is 51.5 Å². The van der Waals surface area contributed by atoms with Crippen LogP contribution in [-0.4, -0.2) is 31.1 Å². The molecule has 2 atom stereocenters. The van der Waals surface area contributed by atoms with E-state index in [1.807, 2.05) is 7.05 Å². The van der Waals surface area contributed by atoms with Crippen LogP contribution in [0.2, 0.25) is 0 Å². The van der Waals surface area contributed by atoms with E-state index in [2.05, 4.69) is 73.0 Å². The number of aliphatic imine (C=N–C) groups is 1. The van der Waals surface area contributed by atoms with Crippen molar-refractivity contribution in [2.45, 2.75) is 58.6 Å². The molecule has 2 N–H and O–H groups in total. The number of thiazole rings is 1. The lowest BCUT2D eigenvalue weighted by molar-refractivity contribution is -0.0265. The van der Waals surface area contributed by atoms with E-state index in [1.54, 1.807) is 11.3 Å². The van der Waals surface area contributed by atoms with Gasteiger partial charge in [-0.1, -0.05) is 50.6 Å².